The largest absolute Gasteiger partial charge is 0.377 e. The number of amides is 1. The van der Waals surface area contributed by atoms with Crippen molar-refractivity contribution >= 4 is 28.3 Å². The fraction of sp³-hybridized carbons (Fsp3) is 0.923. The molecule has 1 unspecified atom stereocenters. The third-order valence-electron chi connectivity index (χ3n) is 3.33. The summed E-state index contributed by atoms with van der Waals surface area (Å²) in [5.74, 6) is -0.214. The Kier molecular flexibility index (Phi) is 11.8. The maximum atomic E-state index is 11.8. The highest BCUT2D eigenvalue weighted by Crippen LogP contribution is 2.11. The van der Waals surface area contributed by atoms with E-state index in [0.717, 1.165) is 32.2 Å². The monoisotopic (exact) mass is 357 g/mol. The molecule has 0 spiro atoms. The summed E-state index contributed by atoms with van der Waals surface area (Å²) in [6, 6.07) is 0. The molecule has 1 aliphatic heterocycles. The Balaban J connectivity index is 0.00000441. The summed E-state index contributed by atoms with van der Waals surface area (Å²) < 4.78 is 31.6. The molecule has 0 aliphatic carbocycles. The summed E-state index contributed by atoms with van der Waals surface area (Å²) in [5, 5.41) is 5.57. The molecule has 1 rings (SSSR count). The van der Waals surface area contributed by atoms with Gasteiger partial charge in [-0.3, -0.25) is 4.79 Å². The lowest BCUT2D eigenvalue weighted by molar-refractivity contribution is -0.121. The van der Waals surface area contributed by atoms with E-state index in [1.807, 2.05) is 7.05 Å². The van der Waals surface area contributed by atoms with Crippen LogP contribution in [0.4, 0.5) is 0 Å². The zero-order valence-electron chi connectivity index (χ0n) is 13.1. The summed E-state index contributed by atoms with van der Waals surface area (Å²) >= 11 is 0. The van der Waals surface area contributed by atoms with Gasteiger partial charge in [-0.15, -0.1) is 12.4 Å². The minimum Gasteiger partial charge on any atom is -0.377 e. The van der Waals surface area contributed by atoms with Gasteiger partial charge in [0.1, 0.15) is 0 Å². The average molecular weight is 358 g/mol. The van der Waals surface area contributed by atoms with Crippen LogP contribution in [0, 0.1) is 0 Å². The Bertz CT molecular complexity index is 400. The Morgan fingerprint density at radius 3 is 2.68 bits per heavy atom. The first kappa shape index (κ1) is 21.6. The Labute approximate surface area is 139 Å². The molecule has 9 heteroatoms. The van der Waals surface area contributed by atoms with Crippen LogP contribution < -0.4 is 15.4 Å². The van der Waals surface area contributed by atoms with Gasteiger partial charge in [0.25, 0.3) is 0 Å². The molecule has 1 fully saturated rings. The highest BCUT2D eigenvalue weighted by Gasteiger charge is 2.17. The molecule has 0 aromatic heterocycles. The first-order chi connectivity index (χ1) is 10.0. The highest BCUT2D eigenvalue weighted by molar-refractivity contribution is 7.89. The molecule has 7 nitrogen and oxygen atoms in total. The lowest BCUT2D eigenvalue weighted by Gasteiger charge is -2.22. The van der Waals surface area contributed by atoms with Gasteiger partial charge in [-0.2, -0.15) is 0 Å². The number of nitrogens with one attached hydrogen (secondary N) is 3. The molecule has 1 aliphatic rings. The Hall–Kier alpha value is -0.410. The maximum Gasteiger partial charge on any atom is 0.220 e. The molecule has 0 bridgehead atoms. The average Bonchev–Trinajstić information content (AvgIpc) is 2.46. The number of rotatable bonds is 10. The van der Waals surface area contributed by atoms with Crippen LogP contribution in [-0.2, 0) is 19.6 Å². The molecule has 1 heterocycles. The molecule has 22 heavy (non-hydrogen) atoms. The van der Waals surface area contributed by atoms with Gasteiger partial charge in [0.05, 0.1) is 11.9 Å². The van der Waals surface area contributed by atoms with E-state index in [1.54, 1.807) is 0 Å². The van der Waals surface area contributed by atoms with Crippen LogP contribution >= 0.6 is 12.4 Å². The van der Waals surface area contributed by atoms with E-state index < -0.39 is 10.0 Å². The lowest BCUT2D eigenvalue weighted by atomic mass is 10.1. The molecule has 0 aromatic rings. The normalized spacial score (nSPS) is 18.5. The molecule has 3 N–H and O–H groups in total. The van der Waals surface area contributed by atoms with Crippen LogP contribution in [0.15, 0.2) is 0 Å². The highest BCUT2D eigenvalue weighted by atomic mass is 35.5. The van der Waals surface area contributed by atoms with Crippen LogP contribution in [0.1, 0.15) is 32.1 Å². The standard InChI is InChI=1S/C13H27N3O4S.ClH/c1-14-7-4-6-13(17)15-8-10-21(18,19)16-11-12-5-2-3-9-20-12;/h12,14,16H,2-11H2,1H3,(H,15,17);1H. The molecule has 0 saturated carbocycles. The van der Waals surface area contributed by atoms with Crippen LogP contribution in [0.5, 0.6) is 0 Å². The van der Waals surface area contributed by atoms with E-state index in [0.29, 0.717) is 19.6 Å². The van der Waals surface area contributed by atoms with Gasteiger partial charge >= 0.3 is 0 Å². The molecule has 132 valence electrons. The number of sulfonamides is 1. The molecular weight excluding hydrogens is 330 g/mol. The molecule has 1 saturated heterocycles. The number of carbonyl (C=O) groups is 1. The van der Waals surface area contributed by atoms with Gasteiger partial charge in [-0.1, -0.05) is 0 Å². The Morgan fingerprint density at radius 1 is 1.27 bits per heavy atom. The van der Waals surface area contributed by atoms with Crippen molar-refractivity contribution in [2.75, 3.05) is 39.0 Å². The number of halogens is 1. The third-order valence-corrected chi connectivity index (χ3v) is 4.68. The third kappa shape index (κ3) is 10.3. The fourth-order valence-electron chi connectivity index (χ4n) is 2.10. The Morgan fingerprint density at radius 2 is 2.05 bits per heavy atom. The molecule has 0 aromatic carbocycles. The van der Waals surface area contributed by atoms with Gasteiger partial charge in [-0.25, -0.2) is 13.1 Å². The van der Waals surface area contributed by atoms with Crippen LogP contribution in [-0.4, -0.2) is 59.5 Å². The van der Waals surface area contributed by atoms with Gasteiger partial charge < -0.3 is 15.4 Å². The number of hydrogen-bond donors (Lipinski definition) is 3. The van der Waals surface area contributed by atoms with Crippen LogP contribution in [0.3, 0.4) is 0 Å². The number of hydrogen-bond acceptors (Lipinski definition) is 5. The zero-order valence-corrected chi connectivity index (χ0v) is 14.7. The molecule has 0 radical (unpaired) electrons. The van der Waals surface area contributed by atoms with Crippen molar-refractivity contribution in [2.45, 2.75) is 38.2 Å². The summed E-state index contributed by atoms with van der Waals surface area (Å²) in [6.45, 7) is 1.93. The van der Waals surface area contributed by atoms with Crippen LogP contribution in [0.2, 0.25) is 0 Å². The molecule has 1 amide bonds. The lowest BCUT2D eigenvalue weighted by Crippen LogP contribution is -2.39. The van der Waals surface area contributed by atoms with Crippen molar-refractivity contribution < 1.29 is 17.9 Å². The summed E-state index contributed by atoms with van der Waals surface area (Å²) in [6.07, 6.45) is 4.14. The SMILES string of the molecule is CNCCCC(=O)NCCS(=O)(=O)NCC1CCCCO1.Cl. The van der Waals surface area contributed by atoms with Gasteiger partial charge in [0.15, 0.2) is 0 Å². The summed E-state index contributed by atoms with van der Waals surface area (Å²) in [5.41, 5.74) is 0. The van der Waals surface area contributed by atoms with Crippen molar-refractivity contribution in [3.8, 4) is 0 Å². The van der Waals surface area contributed by atoms with Crippen molar-refractivity contribution in [3.63, 3.8) is 0 Å². The predicted molar refractivity (Wildman–Crippen MR) is 88.8 cm³/mol. The van der Waals surface area contributed by atoms with Gasteiger partial charge in [0, 0.05) is 26.1 Å². The van der Waals surface area contributed by atoms with E-state index in [1.165, 1.54) is 0 Å². The minimum absolute atomic E-state index is 0. The number of ether oxygens (including phenoxy) is 1. The quantitative estimate of drug-likeness (QED) is 0.479. The predicted octanol–water partition coefficient (Wildman–Crippen LogP) is 0.0125. The van der Waals surface area contributed by atoms with E-state index in [2.05, 4.69) is 15.4 Å². The molecular formula is C13H28ClN3O4S. The van der Waals surface area contributed by atoms with Crippen LogP contribution in [0.25, 0.3) is 0 Å². The van der Waals surface area contributed by atoms with Crippen molar-refractivity contribution in [3.05, 3.63) is 0 Å². The van der Waals surface area contributed by atoms with Crippen molar-refractivity contribution in [1.29, 1.82) is 0 Å². The van der Waals surface area contributed by atoms with E-state index in [4.69, 9.17) is 4.74 Å². The second kappa shape index (κ2) is 12.1. The van der Waals surface area contributed by atoms with Gasteiger partial charge in [-0.05, 0) is 39.3 Å². The first-order valence-corrected chi connectivity index (χ1v) is 9.19. The van der Waals surface area contributed by atoms with Gasteiger partial charge in [0.2, 0.25) is 15.9 Å². The second-order valence-corrected chi connectivity index (χ2v) is 7.14. The first-order valence-electron chi connectivity index (χ1n) is 7.54. The molecule has 1 atom stereocenters. The zero-order chi connectivity index (χ0) is 15.6. The summed E-state index contributed by atoms with van der Waals surface area (Å²) in [7, 11) is -1.53. The second-order valence-electron chi connectivity index (χ2n) is 5.21. The van der Waals surface area contributed by atoms with Crippen molar-refractivity contribution in [1.82, 2.24) is 15.4 Å². The van der Waals surface area contributed by atoms with E-state index >= 15 is 0 Å². The topological polar surface area (TPSA) is 96.5 Å². The maximum absolute atomic E-state index is 11.8. The van der Waals surface area contributed by atoms with Crippen molar-refractivity contribution in [2.24, 2.45) is 0 Å². The fourth-order valence-corrected chi connectivity index (χ4v) is 3.05. The van der Waals surface area contributed by atoms with E-state index in [-0.39, 0.29) is 36.7 Å². The smallest absolute Gasteiger partial charge is 0.220 e. The van der Waals surface area contributed by atoms with E-state index in [9.17, 15) is 13.2 Å². The summed E-state index contributed by atoms with van der Waals surface area (Å²) in [4.78, 5) is 11.4. The number of carbonyl (C=O) groups excluding carboxylic acids is 1. The minimum atomic E-state index is -3.36.